The van der Waals surface area contributed by atoms with E-state index in [9.17, 15) is 24.8 Å². The van der Waals surface area contributed by atoms with Crippen molar-refractivity contribution in [1.82, 2.24) is 0 Å². The van der Waals surface area contributed by atoms with Gasteiger partial charge in [-0.15, -0.1) is 0 Å². The zero-order chi connectivity index (χ0) is 28.6. The van der Waals surface area contributed by atoms with Gasteiger partial charge >= 0.3 is 7.37 Å². The van der Waals surface area contributed by atoms with E-state index in [1.165, 1.54) is 48.5 Å². The molecule has 11 heteroatoms. The molecule has 0 bridgehead atoms. The van der Waals surface area contributed by atoms with Crippen molar-refractivity contribution < 1.29 is 28.4 Å². The van der Waals surface area contributed by atoms with Crippen molar-refractivity contribution in [2.75, 3.05) is 0 Å². The Hall–Kier alpha value is -5.47. The van der Waals surface area contributed by atoms with E-state index in [0.29, 0.717) is 22.6 Å². The van der Waals surface area contributed by atoms with Crippen LogP contribution in [0.15, 0.2) is 115 Å². The van der Waals surface area contributed by atoms with E-state index < -0.39 is 17.2 Å². The number of nitro benzene ring substituents is 2. The molecular formula is C30H19N2O8P. The predicted molar refractivity (Wildman–Crippen MR) is 152 cm³/mol. The maximum Gasteiger partial charge on any atom is 0.311 e. The highest BCUT2D eigenvalue weighted by molar-refractivity contribution is 7.75. The van der Waals surface area contributed by atoms with Gasteiger partial charge in [0.2, 0.25) is 0 Å². The molecule has 0 saturated heterocycles. The van der Waals surface area contributed by atoms with Crippen LogP contribution in [0.2, 0.25) is 0 Å². The molecular weight excluding hydrogens is 547 g/mol. The lowest BCUT2D eigenvalue weighted by molar-refractivity contribution is -0.385. The number of hydrogen-bond acceptors (Lipinski definition) is 8. The standard InChI is InChI=1S/C30H19N2O8P/c33-31(34)20-9-13-22(14-10-20)38-24-17-18-28(39-23-15-11-21(12-16-23)32(35)36)30(19-24)41(37)29-8-4-2-6-26(29)25-5-1-3-7-27(25)40-41/h1-19H. The molecule has 0 fully saturated rings. The molecule has 0 spiro atoms. The Kier molecular flexibility index (Phi) is 6.45. The molecule has 202 valence electrons. The van der Waals surface area contributed by atoms with Crippen LogP contribution in [0, 0.1) is 20.2 Å². The molecule has 5 aromatic rings. The number of nitro groups is 2. The number of rotatable bonds is 7. The summed E-state index contributed by atoms with van der Waals surface area (Å²) < 4.78 is 33.3. The first kappa shape index (κ1) is 25.8. The van der Waals surface area contributed by atoms with Crippen LogP contribution in [0.25, 0.3) is 11.1 Å². The third kappa shape index (κ3) is 4.88. The molecule has 0 aliphatic carbocycles. The maximum absolute atomic E-state index is 15.0. The van der Waals surface area contributed by atoms with Gasteiger partial charge in [0.05, 0.1) is 20.5 Å². The lowest BCUT2D eigenvalue weighted by atomic mass is 10.0. The van der Waals surface area contributed by atoms with Gasteiger partial charge in [0, 0.05) is 29.8 Å². The Balaban J connectivity index is 1.46. The van der Waals surface area contributed by atoms with Gasteiger partial charge in [-0.3, -0.25) is 24.8 Å². The lowest BCUT2D eigenvalue weighted by Gasteiger charge is -2.30. The highest BCUT2D eigenvalue weighted by Crippen LogP contribution is 2.55. The topological polar surface area (TPSA) is 131 Å². The van der Waals surface area contributed by atoms with Crippen molar-refractivity contribution in [2.45, 2.75) is 0 Å². The van der Waals surface area contributed by atoms with Crippen LogP contribution in [0.5, 0.6) is 28.7 Å². The number of non-ortho nitro benzene ring substituents is 2. The third-order valence-corrected chi connectivity index (χ3v) is 8.89. The van der Waals surface area contributed by atoms with Crippen LogP contribution in [0.3, 0.4) is 0 Å². The normalized spacial score (nSPS) is 15.1. The first-order valence-electron chi connectivity index (χ1n) is 12.3. The summed E-state index contributed by atoms with van der Waals surface area (Å²) in [6.45, 7) is 0. The largest absolute Gasteiger partial charge is 0.457 e. The van der Waals surface area contributed by atoms with Crippen molar-refractivity contribution in [1.29, 1.82) is 0 Å². The van der Waals surface area contributed by atoms with Crippen LogP contribution in [0.4, 0.5) is 11.4 Å². The molecule has 0 N–H and O–H groups in total. The van der Waals surface area contributed by atoms with Crippen molar-refractivity contribution in [3.05, 3.63) is 135 Å². The first-order valence-corrected chi connectivity index (χ1v) is 13.9. The molecule has 1 unspecified atom stereocenters. The molecule has 1 heterocycles. The Morgan fingerprint density at radius 2 is 1.12 bits per heavy atom. The minimum Gasteiger partial charge on any atom is -0.457 e. The summed E-state index contributed by atoms with van der Waals surface area (Å²) in [4.78, 5) is 21.1. The average Bonchev–Trinajstić information content (AvgIpc) is 2.98. The van der Waals surface area contributed by atoms with E-state index >= 15 is 0 Å². The minimum atomic E-state index is -3.84. The molecule has 0 aromatic heterocycles. The molecule has 1 aliphatic heterocycles. The van der Waals surface area contributed by atoms with Crippen LogP contribution in [-0.2, 0) is 4.57 Å². The predicted octanol–water partition coefficient (Wildman–Crippen LogP) is 7.38. The number of benzene rings is 5. The zero-order valence-corrected chi connectivity index (χ0v) is 22.0. The van der Waals surface area contributed by atoms with Crippen molar-refractivity contribution in [3.8, 4) is 39.9 Å². The quantitative estimate of drug-likeness (QED) is 0.113. The van der Waals surface area contributed by atoms with E-state index in [1.807, 2.05) is 24.3 Å². The molecule has 0 amide bonds. The molecule has 0 radical (unpaired) electrons. The van der Waals surface area contributed by atoms with Crippen LogP contribution in [-0.4, -0.2) is 9.85 Å². The molecule has 10 nitrogen and oxygen atoms in total. The van der Waals surface area contributed by atoms with Gasteiger partial charge in [-0.1, -0.05) is 36.4 Å². The Labute approximate surface area is 233 Å². The van der Waals surface area contributed by atoms with Gasteiger partial charge in [0.15, 0.2) is 0 Å². The average molecular weight is 566 g/mol. The summed E-state index contributed by atoms with van der Waals surface area (Å²) in [5, 5.41) is 22.8. The number of para-hydroxylation sites is 1. The monoisotopic (exact) mass is 566 g/mol. The van der Waals surface area contributed by atoms with E-state index in [0.717, 1.165) is 11.1 Å². The number of ether oxygens (including phenoxy) is 2. The molecule has 6 rings (SSSR count). The van der Waals surface area contributed by atoms with Crippen LogP contribution >= 0.6 is 7.37 Å². The SMILES string of the molecule is O=[N+]([O-])c1ccc(Oc2ccc(Oc3ccc([N+](=O)[O-])cc3)c(P3(=O)Oc4ccccc4-c4ccccc43)c2)cc1. The Morgan fingerprint density at radius 1 is 0.585 bits per heavy atom. The lowest BCUT2D eigenvalue weighted by Crippen LogP contribution is -2.26. The number of hydrogen-bond donors (Lipinski definition) is 0. The first-order chi connectivity index (χ1) is 19.8. The second-order valence-electron chi connectivity index (χ2n) is 8.99. The summed E-state index contributed by atoms with van der Waals surface area (Å²) >= 11 is 0. The summed E-state index contributed by atoms with van der Waals surface area (Å²) in [6, 6.07) is 30.3. The van der Waals surface area contributed by atoms with Gasteiger partial charge in [-0.2, -0.15) is 0 Å². The zero-order valence-electron chi connectivity index (χ0n) is 21.1. The highest BCUT2D eigenvalue weighted by Gasteiger charge is 2.40. The molecule has 41 heavy (non-hydrogen) atoms. The minimum absolute atomic E-state index is 0.0831. The van der Waals surface area contributed by atoms with Crippen molar-refractivity contribution in [2.24, 2.45) is 0 Å². The fourth-order valence-electron chi connectivity index (χ4n) is 4.51. The van der Waals surface area contributed by atoms with Crippen molar-refractivity contribution >= 4 is 29.4 Å². The van der Waals surface area contributed by atoms with E-state index in [4.69, 9.17) is 14.0 Å². The second kappa shape index (κ2) is 10.3. The fraction of sp³-hybridized carbons (Fsp3) is 0. The molecule has 0 saturated carbocycles. The highest BCUT2D eigenvalue weighted by atomic mass is 31.2. The Morgan fingerprint density at radius 3 is 1.76 bits per heavy atom. The third-order valence-electron chi connectivity index (χ3n) is 6.43. The van der Waals surface area contributed by atoms with Gasteiger partial charge in [0.1, 0.15) is 28.7 Å². The van der Waals surface area contributed by atoms with Gasteiger partial charge in [0.25, 0.3) is 11.4 Å². The summed E-state index contributed by atoms with van der Waals surface area (Å²) in [5.74, 6) is 1.56. The molecule has 1 aliphatic rings. The summed E-state index contributed by atoms with van der Waals surface area (Å²) in [5.41, 5.74) is 1.37. The second-order valence-corrected chi connectivity index (χ2v) is 11.2. The van der Waals surface area contributed by atoms with Crippen LogP contribution in [0.1, 0.15) is 0 Å². The van der Waals surface area contributed by atoms with Gasteiger partial charge < -0.3 is 14.0 Å². The van der Waals surface area contributed by atoms with Crippen molar-refractivity contribution in [3.63, 3.8) is 0 Å². The van der Waals surface area contributed by atoms with E-state index in [2.05, 4.69) is 0 Å². The molecule has 1 atom stereocenters. The van der Waals surface area contributed by atoms with E-state index in [1.54, 1.807) is 42.5 Å². The fourth-order valence-corrected chi connectivity index (χ4v) is 6.90. The molecule has 5 aromatic carbocycles. The van der Waals surface area contributed by atoms with Crippen LogP contribution < -0.4 is 24.6 Å². The van der Waals surface area contributed by atoms with E-state index in [-0.39, 0.29) is 28.2 Å². The summed E-state index contributed by atoms with van der Waals surface area (Å²) in [6.07, 6.45) is 0. The Bertz CT molecular complexity index is 1860. The number of nitrogens with zero attached hydrogens (tertiary/aromatic N) is 2. The van der Waals surface area contributed by atoms with Gasteiger partial charge in [-0.25, -0.2) is 0 Å². The van der Waals surface area contributed by atoms with Gasteiger partial charge in [-0.05, 0) is 60.2 Å². The number of fused-ring (bicyclic) bond motifs is 3. The smallest absolute Gasteiger partial charge is 0.311 e. The summed E-state index contributed by atoms with van der Waals surface area (Å²) in [7, 11) is -3.84. The maximum atomic E-state index is 15.0.